The van der Waals surface area contributed by atoms with Gasteiger partial charge in [-0.25, -0.2) is 9.78 Å². The predicted molar refractivity (Wildman–Crippen MR) is 87.4 cm³/mol. The van der Waals surface area contributed by atoms with Crippen LogP contribution in [0.5, 0.6) is 5.75 Å². The first-order chi connectivity index (χ1) is 9.88. The van der Waals surface area contributed by atoms with Crippen LogP contribution < -0.4 is 9.30 Å². The molecule has 2 aromatic rings. The number of aromatic nitrogens is 1. The van der Waals surface area contributed by atoms with Gasteiger partial charge in [0.05, 0.1) is 6.20 Å². The Bertz CT molecular complexity index is 606. The van der Waals surface area contributed by atoms with E-state index >= 15 is 0 Å². The molecule has 0 aliphatic carbocycles. The summed E-state index contributed by atoms with van der Waals surface area (Å²) < 4.78 is 7.50. The number of anilines is 1. The van der Waals surface area contributed by atoms with Crippen molar-refractivity contribution < 1.29 is 9.53 Å². The van der Waals surface area contributed by atoms with Gasteiger partial charge in [-0.3, -0.25) is 0 Å². The minimum Gasteiger partial charge on any atom is -0.422 e. The molecule has 1 heterocycles. The predicted octanol–water partition coefficient (Wildman–Crippen LogP) is 3.57. The van der Waals surface area contributed by atoms with E-state index in [0.29, 0.717) is 11.4 Å². The second-order valence-electron chi connectivity index (χ2n) is 5.83. The zero-order valence-corrected chi connectivity index (χ0v) is 13.8. The lowest BCUT2D eigenvalue weighted by molar-refractivity contribution is 0.0728. The van der Waals surface area contributed by atoms with Gasteiger partial charge in [0.25, 0.3) is 0 Å². The van der Waals surface area contributed by atoms with Gasteiger partial charge in [-0.05, 0) is 31.3 Å². The highest BCUT2D eigenvalue weighted by Gasteiger charge is 2.21. The number of para-hydroxylation sites is 1. The van der Waals surface area contributed by atoms with Crippen LogP contribution >= 0.6 is 0 Å². The van der Waals surface area contributed by atoms with Gasteiger partial charge in [0.15, 0.2) is 0 Å². The fourth-order valence-corrected chi connectivity index (χ4v) is 2.65. The van der Waals surface area contributed by atoms with Gasteiger partial charge in [0.1, 0.15) is 19.7 Å². The molecule has 0 fully saturated rings. The Balaban J connectivity index is 2.10. The maximum Gasteiger partial charge on any atom is 0.362 e. The van der Waals surface area contributed by atoms with Crippen molar-refractivity contribution in [1.29, 1.82) is 0 Å². The molecule has 0 unspecified atom stereocenters. The van der Waals surface area contributed by atoms with E-state index in [1.165, 1.54) is 0 Å². The van der Waals surface area contributed by atoms with Gasteiger partial charge >= 0.3 is 5.97 Å². The van der Waals surface area contributed by atoms with Gasteiger partial charge in [-0.15, -0.1) is 0 Å². The molecule has 1 aromatic heterocycles. The van der Waals surface area contributed by atoms with Crippen molar-refractivity contribution in [3.63, 3.8) is 0 Å². The lowest BCUT2D eigenvalue weighted by atomic mass is 10.3. The standard InChI is InChI=1S/C16H20N2O2Si/c1-18(21(2,3)4)13-10-11-15(17-12-13)16(19)20-14-8-6-5-7-9-14/h5-12H,1-4H3. The summed E-state index contributed by atoms with van der Waals surface area (Å²) in [4.78, 5) is 16.2. The highest BCUT2D eigenvalue weighted by molar-refractivity contribution is 6.79. The van der Waals surface area contributed by atoms with Gasteiger partial charge < -0.3 is 9.30 Å². The van der Waals surface area contributed by atoms with E-state index < -0.39 is 14.2 Å². The van der Waals surface area contributed by atoms with Crippen molar-refractivity contribution in [2.75, 3.05) is 11.6 Å². The van der Waals surface area contributed by atoms with Crippen LogP contribution in [0.3, 0.4) is 0 Å². The van der Waals surface area contributed by atoms with Gasteiger partial charge in [0.2, 0.25) is 0 Å². The number of hydrogen-bond acceptors (Lipinski definition) is 4. The van der Waals surface area contributed by atoms with Crippen molar-refractivity contribution in [2.45, 2.75) is 19.6 Å². The average molecular weight is 300 g/mol. The third-order valence-corrected chi connectivity index (χ3v) is 5.57. The Morgan fingerprint density at radius 1 is 1.10 bits per heavy atom. The smallest absolute Gasteiger partial charge is 0.362 e. The molecule has 0 atom stereocenters. The summed E-state index contributed by atoms with van der Waals surface area (Å²) in [5.74, 6) is 0.0796. The summed E-state index contributed by atoms with van der Waals surface area (Å²) in [6.07, 6.45) is 1.72. The SMILES string of the molecule is CN(c1ccc(C(=O)Oc2ccccc2)nc1)[Si](C)(C)C. The molecule has 0 N–H and O–H groups in total. The summed E-state index contributed by atoms with van der Waals surface area (Å²) in [6, 6.07) is 12.6. The summed E-state index contributed by atoms with van der Waals surface area (Å²) >= 11 is 0. The van der Waals surface area contributed by atoms with Crippen molar-refractivity contribution in [3.8, 4) is 5.75 Å². The van der Waals surface area contributed by atoms with Crippen LogP contribution in [-0.4, -0.2) is 26.2 Å². The van der Waals surface area contributed by atoms with E-state index in [2.05, 4.69) is 36.2 Å². The van der Waals surface area contributed by atoms with Crippen LogP contribution in [0.4, 0.5) is 5.69 Å². The third-order valence-electron chi connectivity index (χ3n) is 3.30. The highest BCUT2D eigenvalue weighted by atomic mass is 28.3. The number of ether oxygens (including phenoxy) is 1. The minimum atomic E-state index is -1.43. The molecule has 0 aliphatic rings. The van der Waals surface area contributed by atoms with Crippen LogP contribution in [-0.2, 0) is 0 Å². The summed E-state index contributed by atoms with van der Waals surface area (Å²) in [6.45, 7) is 6.76. The summed E-state index contributed by atoms with van der Waals surface area (Å²) in [5.41, 5.74) is 1.33. The Morgan fingerprint density at radius 2 is 1.76 bits per heavy atom. The molecule has 0 amide bonds. The van der Waals surface area contributed by atoms with Crippen molar-refractivity contribution in [3.05, 3.63) is 54.4 Å². The molecular weight excluding hydrogens is 280 g/mol. The number of esters is 1. The van der Waals surface area contributed by atoms with E-state index in [0.717, 1.165) is 5.69 Å². The van der Waals surface area contributed by atoms with Crippen molar-refractivity contribution in [2.24, 2.45) is 0 Å². The Labute approximate surface area is 126 Å². The van der Waals surface area contributed by atoms with E-state index in [4.69, 9.17) is 4.74 Å². The van der Waals surface area contributed by atoms with Gasteiger partial charge in [-0.1, -0.05) is 37.8 Å². The maximum absolute atomic E-state index is 12.0. The first-order valence-electron chi connectivity index (χ1n) is 6.85. The second kappa shape index (κ2) is 6.09. The number of hydrogen-bond donors (Lipinski definition) is 0. The molecule has 0 aliphatic heterocycles. The zero-order valence-electron chi connectivity index (χ0n) is 12.8. The number of rotatable bonds is 4. The Hall–Kier alpha value is -2.14. The summed E-state index contributed by atoms with van der Waals surface area (Å²) in [5, 5.41) is 0. The fourth-order valence-electron chi connectivity index (χ4n) is 1.74. The minimum absolute atomic E-state index is 0.312. The van der Waals surface area contributed by atoms with E-state index in [1.54, 1.807) is 24.4 Å². The van der Waals surface area contributed by atoms with Gasteiger partial charge in [0, 0.05) is 5.69 Å². The quantitative estimate of drug-likeness (QED) is 0.492. The molecule has 4 nitrogen and oxygen atoms in total. The Kier molecular flexibility index (Phi) is 4.42. The number of carbonyl (C=O) groups excluding carboxylic acids is 1. The lowest BCUT2D eigenvalue weighted by Gasteiger charge is -2.31. The largest absolute Gasteiger partial charge is 0.422 e. The molecule has 110 valence electrons. The molecule has 0 radical (unpaired) electrons. The molecule has 0 bridgehead atoms. The molecule has 5 heteroatoms. The third kappa shape index (κ3) is 3.92. The topological polar surface area (TPSA) is 42.4 Å². The average Bonchev–Trinajstić information content (AvgIpc) is 2.46. The first kappa shape index (κ1) is 15.2. The van der Waals surface area contributed by atoms with Crippen LogP contribution in [0.2, 0.25) is 19.6 Å². The Morgan fingerprint density at radius 3 is 2.29 bits per heavy atom. The highest BCUT2D eigenvalue weighted by Crippen LogP contribution is 2.19. The number of pyridine rings is 1. The molecule has 2 rings (SSSR count). The van der Waals surface area contributed by atoms with Crippen LogP contribution in [0.25, 0.3) is 0 Å². The van der Waals surface area contributed by atoms with E-state index in [-0.39, 0.29) is 0 Å². The molecule has 1 aromatic carbocycles. The first-order valence-corrected chi connectivity index (χ1v) is 10.3. The fraction of sp³-hybridized carbons (Fsp3) is 0.250. The van der Waals surface area contributed by atoms with E-state index in [1.807, 2.05) is 24.3 Å². The van der Waals surface area contributed by atoms with Crippen LogP contribution in [0.1, 0.15) is 10.5 Å². The summed E-state index contributed by atoms with van der Waals surface area (Å²) in [7, 11) is 0.631. The maximum atomic E-state index is 12.0. The molecular formula is C16H20N2O2Si. The molecule has 0 saturated carbocycles. The number of benzene rings is 1. The van der Waals surface area contributed by atoms with E-state index in [9.17, 15) is 4.79 Å². The van der Waals surface area contributed by atoms with Gasteiger partial charge in [-0.2, -0.15) is 0 Å². The monoisotopic (exact) mass is 300 g/mol. The van der Waals surface area contributed by atoms with Crippen LogP contribution in [0, 0.1) is 0 Å². The lowest BCUT2D eigenvalue weighted by Crippen LogP contribution is -2.43. The second-order valence-corrected chi connectivity index (χ2v) is 10.8. The molecule has 0 spiro atoms. The normalized spacial score (nSPS) is 11.0. The molecule has 21 heavy (non-hydrogen) atoms. The van der Waals surface area contributed by atoms with Crippen molar-refractivity contribution >= 4 is 19.9 Å². The number of carbonyl (C=O) groups is 1. The van der Waals surface area contributed by atoms with Crippen molar-refractivity contribution in [1.82, 2.24) is 4.98 Å². The number of nitrogens with zero attached hydrogens (tertiary/aromatic N) is 2. The van der Waals surface area contributed by atoms with Crippen LogP contribution in [0.15, 0.2) is 48.7 Å². The molecule has 0 saturated heterocycles. The zero-order chi connectivity index (χ0) is 15.5.